The summed E-state index contributed by atoms with van der Waals surface area (Å²) in [6, 6.07) is 0. The number of rotatable bonds is 5. The van der Waals surface area contributed by atoms with Gasteiger partial charge in [0.25, 0.3) is 0 Å². The van der Waals surface area contributed by atoms with E-state index in [1.807, 2.05) is 0 Å². The maximum Gasteiger partial charge on any atom is 0.233 e. The van der Waals surface area contributed by atoms with Crippen LogP contribution in [0, 0.1) is 0 Å². The molecule has 3 heteroatoms. The number of amides is 1. The normalized spacial score (nSPS) is 9.40. The lowest BCUT2D eigenvalue weighted by atomic mass is 10.2. The quantitative estimate of drug-likeness (QED) is 0.543. The van der Waals surface area contributed by atoms with Gasteiger partial charge >= 0.3 is 0 Å². The van der Waals surface area contributed by atoms with Gasteiger partial charge in [0.05, 0.1) is 6.54 Å². The Morgan fingerprint density at radius 2 is 2.20 bits per heavy atom. The molecule has 0 bridgehead atoms. The van der Waals surface area contributed by atoms with Crippen molar-refractivity contribution >= 4 is 5.91 Å². The molecule has 1 amide bonds. The van der Waals surface area contributed by atoms with Crippen LogP contribution in [0.5, 0.6) is 0 Å². The first-order valence-electron chi connectivity index (χ1n) is 3.78. The van der Waals surface area contributed by atoms with Crippen LogP contribution in [0.4, 0.5) is 0 Å². The molecular formula is C7H16N2O. The molecule has 0 saturated carbocycles. The molecule has 0 aliphatic rings. The van der Waals surface area contributed by atoms with Crippen molar-refractivity contribution < 1.29 is 4.79 Å². The zero-order chi connectivity index (χ0) is 7.82. The number of unbranched alkanes of at least 4 members (excludes halogenated alkanes) is 2. The van der Waals surface area contributed by atoms with Gasteiger partial charge in [-0.25, -0.2) is 0 Å². The van der Waals surface area contributed by atoms with Crippen molar-refractivity contribution in [3.63, 3.8) is 0 Å². The van der Waals surface area contributed by atoms with Crippen molar-refractivity contribution in [1.82, 2.24) is 5.32 Å². The summed E-state index contributed by atoms with van der Waals surface area (Å²) < 4.78 is 0. The summed E-state index contributed by atoms with van der Waals surface area (Å²) in [6.45, 7) is 3.00. The van der Waals surface area contributed by atoms with Gasteiger partial charge in [-0.1, -0.05) is 19.8 Å². The number of nitrogens with one attached hydrogen (secondary N) is 1. The summed E-state index contributed by atoms with van der Waals surface area (Å²) >= 11 is 0. The van der Waals surface area contributed by atoms with E-state index in [9.17, 15) is 4.79 Å². The third-order valence-corrected chi connectivity index (χ3v) is 1.29. The predicted octanol–water partition coefficient (Wildman–Crippen LogP) is 0.252. The highest BCUT2D eigenvalue weighted by atomic mass is 16.1. The topological polar surface area (TPSA) is 55.1 Å². The number of carbonyl (C=O) groups is 1. The molecule has 3 N–H and O–H groups in total. The maximum absolute atomic E-state index is 10.5. The third kappa shape index (κ3) is 5.56. The third-order valence-electron chi connectivity index (χ3n) is 1.29. The van der Waals surface area contributed by atoms with Crippen LogP contribution in [0.2, 0.25) is 0 Å². The summed E-state index contributed by atoms with van der Waals surface area (Å²) in [5.74, 6) is -0.0592. The fourth-order valence-corrected chi connectivity index (χ4v) is 0.675. The van der Waals surface area contributed by atoms with Gasteiger partial charge in [0.15, 0.2) is 0 Å². The highest BCUT2D eigenvalue weighted by molar-refractivity contribution is 5.77. The van der Waals surface area contributed by atoms with E-state index in [4.69, 9.17) is 5.73 Å². The molecule has 0 aromatic rings. The van der Waals surface area contributed by atoms with Gasteiger partial charge < -0.3 is 11.1 Å². The first-order valence-corrected chi connectivity index (χ1v) is 3.78. The molecule has 0 aromatic heterocycles. The molecule has 3 nitrogen and oxygen atoms in total. The lowest BCUT2D eigenvalue weighted by Crippen LogP contribution is -2.30. The van der Waals surface area contributed by atoms with E-state index in [-0.39, 0.29) is 12.5 Å². The van der Waals surface area contributed by atoms with Crippen LogP contribution in [0.15, 0.2) is 0 Å². The van der Waals surface area contributed by atoms with Gasteiger partial charge in [-0.05, 0) is 6.42 Å². The van der Waals surface area contributed by atoms with Crippen molar-refractivity contribution in [3.8, 4) is 0 Å². The second kappa shape index (κ2) is 6.55. The second-order valence-corrected chi connectivity index (χ2v) is 2.26. The Hall–Kier alpha value is -0.570. The number of nitrogens with two attached hydrogens (primary N) is 1. The number of hydrogen-bond donors (Lipinski definition) is 2. The Bertz CT molecular complexity index is 93.6. The molecule has 0 spiro atoms. The largest absolute Gasteiger partial charge is 0.355 e. The predicted molar refractivity (Wildman–Crippen MR) is 41.6 cm³/mol. The molecule has 60 valence electrons. The van der Waals surface area contributed by atoms with Crippen LogP contribution in [0.25, 0.3) is 0 Å². The minimum atomic E-state index is -0.0592. The Balaban J connectivity index is 2.96. The standard InChI is InChI=1S/C7H16N2O/c1-2-3-4-5-9-7(10)6-8/h2-6,8H2,1H3,(H,9,10). The van der Waals surface area contributed by atoms with E-state index >= 15 is 0 Å². The Kier molecular flexibility index (Phi) is 6.18. The summed E-state index contributed by atoms with van der Waals surface area (Å²) in [5.41, 5.74) is 5.07. The fourth-order valence-electron chi connectivity index (χ4n) is 0.675. The van der Waals surface area contributed by atoms with E-state index in [1.54, 1.807) is 0 Å². The molecule has 0 rings (SSSR count). The monoisotopic (exact) mass is 144 g/mol. The van der Waals surface area contributed by atoms with Gasteiger partial charge in [0, 0.05) is 6.54 Å². The summed E-state index contributed by atoms with van der Waals surface area (Å²) in [7, 11) is 0. The Labute approximate surface area is 62.0 Å². The van der Waals surface area contributed by atoms with Crippen molar-refractivity contribution in [1.29, 1.82) is 0 Å². The van der Waals surface area contributed by atoms with Crippen molar-refractivity contribution in [2.75, 3.05) is 13.1 Å². The van der Waals surface area contributed by atoms with Crippen LogP contribution in [-0.2, 0) is 4.79 Å². The van der Waals surface area contributed by atoms with Crippen molar-refractivity contribution in [3.05, 3.63) is 0 Å². The average Bonchev–Trinajstić information content (AvgIpc) is 1.98. The highest BCUT2D eigenvalue weighted by Crippen LogP contribution is 1.90. The minimum absolute atomic E-state index is 0.0592. The molecule has 0 aliphatic heterocycles. The van der Waals surface area contributed by atoms with Gasteiger partial charge in [-0.2, -0.15) is 0 Å². The highest BCUT2D eigenvalue weighted by Gasteiger charge is 1.93. The molecule has 0 heterocycles. The maximum atomic E-state index is 10.5. The molecular weight excluding hydrogens is 128 g/mol. The minimum Gasteiger partial charge on any atom is -0.355 e. The van der Waals surface area contributed by atoms with Crippen LogP contribution in [-0.4, -0.2) is 19.0 Å². The SMILES string of the molecule is CCCCCNC(=O)CN. The Morgan fingerprint density at radius 3 is 2.70 bits per heavy atom. The molecule has 0 aromatic carbocycles. The zero-order valence-corrected chi connectivity index (χ0v) is 6.52. The van der Waals surface area contributed by atoms with Gasteiger partial charge in [0.1, 0.15) is 0 Å². The van der Waals surface area contributed by atoms with Gasteiger partial charge in [-0.3, -0.25) is 4.79 Å². The van der Waals surface area contributed by atoms with E-state index in [0.29, 0.717) is 0 Å². The lowest BCUT2D eigenvalue weighted by Gasteiger charge is -2.00. The van der Waals surface area contributed by atoms with E-state index in [0.717, 1.165) is 13.0 Å². The van der Waals surface area contributed by atoms with E-state index in [1.165, 1.54) is 12.8 Å². The number of hydrogen-bond acceptors (Lipinski definition) is 2. The van der Waals surface area contributed by atoms with E-state index in [2.05, 4.69) is 12.2 Å². The van der Waals surface area contributed by atoms with Crippen molar-refractivity contribution in [2.24, 2.45) is 5.73 Å². The first-order chi connectivity index (χ1) is 4.81. The van der Waals surface area contributed by atoms with Crippen LogP contribution in [0.3, 0.4) is 0 Å². The van der Waals surface area contributed by atoms with Crippen LogP contribution >= 0.6 is 0 Å². The molecule has 0 aliphatic carbocycles. The number of carbonyl (C=O) groups excluding carboxylic acids is 1. The van der Waals surface area contributed by atoms with E-state index < -0.39 is 0 Å². The van der Waals surface area contributed by atoms with Gasteiger partial charge in [-0.15, -0.1) is 0 Å². The smallest absolute Gasteiger partial charge is 0.233 e. The summed E-state index contributed by atoms with van der Waals surface area (Å²) in [4.78, 5) is 10.5. The fraction of sp³-hybridized carbons (Fsp3) is 0.857. The average molecular weight is 144 g/mol. The zero-order valence-electron chi connectivity index (χ0n) is 6.52. The molecule has 0 unspecified atom stereocenters. The molecule has 10 heavy (non-hydrogen) atoms. The summed E-state index contributed by atoms with van der Waals surface area (Å²) in [5, 5.41) is 2.70. The molecule has 0 radical (unpaired) electrons. The molecule has 0 fully saturated rings. The lowest BCUT2D eigenvalue weighted by molar-refractivity contribution is -0.119. The van der Waals surface area contributed by atoms with Crippen LogP contribution in [0.1, 0.15) is 26.2 Å². The second-order valence-electron chi connectivity index (χ2n) is 2.26. The molecule has 0 saturated heterocycles. The van der Waals surface area contributed by atoms with Crippen LogP contribution < -0.4 is 11.1 Å². The summed E-state index contributed by atoms with van der Waals surface area (Å²) in [6.07, 6.45) is 3.41. The first kappa shape index (κ1) is 9.43. The van der Waals surface area contributed by atoms with Gasteiger partial charge in [0.2, 0.25) is 5.91 Å². The van der Waals surface area contributed by atoms with Crippen molar-refractivity contribution in [2.45, 2.75) is 26.2 Å². The Morgan fingerprint density at radius 1 is 1.50 bits per heavy atom. The molecule has 0 atom stereocenters.